The third-order valence-electron chi connectivity index (χ3n) is 4.08. The van der Waals surface area contributed by atoms with E-state index < -0.39 is 17.3 Å². The van der Waals surface area contributed by atoms with Crippen LogP contribution in [0.3, 0.4) is 0 Å². The highest BCUT2D eigenvalue weighted by atomic mass is 32.2. The molecule has 1 aliphatic rings. The minimum atomic E-state index is -1.03. The lowest BCUT2D eigenvalue weighted by molar-refractivity contribution is -0.160. The van der Waals surface area contributed by atoms with Crippen molar-refractivity contribution in [2.24, 2.45) is 0 Å². The van der Waals surface area contributed by atoms with Gasteiger partial charge in [0, 0.05) is 24.6 Å². The van der Waals surface area contributed by atoms with Crippen molar-refractivity contribution in [3.63, 3.8) is 0 Å². The molecule has 2 atom stereocenters. The molecule has 6 nitrogen and oxygen atoms in total. The molecule has 2 aromatic carbocycles. The summed E-state index contributed by atoms with van der Waals surface area (Å²) in [6, 6.07) is 16.3. The van der Waals surface area contributed by atoms with E-state index in [4.69, 9.17) is 4.74 Å². The lowest BCUT2D eigenvalue weighted by Crippen LogP contribution is -2.34. The smallest absolute Gasteiger partial charge is 0.308 e. The highest BCUT2D eigenvalue weighted by molar-refractivity contribution is 8.01. The monoisotopic (exact) mass is 384 g/mol. The Morgan fingerprint density at radius 2 is 1.78 bits per heavy atom. The van der Waals surface area contributed by atoms with Gasteiger partial charge in [-0.05, 0) is 12.1 Å². The molecule has 1 N–H and O–H groups in total. The molecule has 0 radical (unpaired) electrons. The van der Waals surface area contributed by atoms with Crippen LogP contribution in [0.1, 0.15) is 18.1 Å². The minimum Gasteiger partial charge on any atom is -0.447 e. The number of rotatable bonds is 5. The summed E-state index contributed by atoms with van der Waals surface area (Å²) in [6.07, 6.45) is -1.15. The zero-order valence-corrected chi connectivity index (χ0v) is 15.9. The average molecular weight is 384 g/mol. The van der Waals surface area contributed by atoms with Crippen LogP contribution in [0.15, 0.2) is 59.5 Å². The fourth-order valence-corrected chi connectivity index (χ4v) is 3.78. The number of anilines is 1. The van der Waals surface area contributed by atoms with E-state index in [0.29, 0.717) is 5.56 Å². The Labute approximate surface area is 161 Å². The van der Waals surface area contributed by atoms with Gasteiger partial charge in [0.25, 0.3) is 5.91 Å². The Bertz CT molecular complexity index is 854. The van der Waals surface area contributed by atoms with Crippen LogP contribution >= 0.6 is 11.8 Å². The maximum atomic E-state index is 12.5. The number of amides is 2. The van der Waals surface area contributed by atoms with Gasteiger partial charge < -0.3 is 15.0 Å². The third kappa shape index (κ3) is 4.49. The van der Waals surface area contributed by atoms with Crippen molar-refractivity contribution in [3.8, 4) is 0 Å². The summed E-state index contributed by atoms with van der Waals surface area (Å²) in [5.41, 5.74) is 1.33. The van der Waals surface area contributed by atoms with Gasteiger partial charge in [-0.3, -0.25) is 14.4 Å². The zero-order valence-electron chi connectivity index (χ0n) is 15.0. The van der Waals surface area contributed by atoms with E-state index in [1.54, 1.807) is 38.4 Å². The van der Waals surface area contributed by atoms with Gasteiger partial charge in [0.1, 0.15) is 0 Å². The first-order valence-electron chi connectivity index (χ1n) is 8.48. The van der Waals surface area contributed by atoms with Crippen molar-refractivity contribution in [1.82, 2.24) is 4.90 Å². The van der Waals surface area contributed by atoms with Gasteiger partial charge >= 0.3 is 5.97 Å². The lowest BCUT2D eigenvalue weighted by Gasteiger charge is -2.25. The highest BCUT2D eigenvalue weighted by Crippen LogP contribution is 2.37. The summed E-state index contributed by atoms with van der Waals surface area (Å²) in [6.45, 7) is 0. The fraction of sp³-hybridized carbons (Fsp3) is 0.250. The number of para-hydroxylation sites is 1. The van der Waals surface area contributed by atoms with Crippen LogP contribution in [-0.2, 0) is 19.1 Å². The number of carbonyl (C=O) groups excluding carboxylic acids is 3. The largest absolute Gasteiger partial charge is 0.447 e. The molecular weight excluding hydrogens is 364 g/mol. The van der Waals surface area contributed by atoms with E-state index in [2.05, 4.69) is 5.32 Å². The molecule has 1 heterocycles. The molecule has 0 bridgehead atoms. The SMILES string of the molecule is CN(C)C(=O)[C@@H](OC(=O)C[C@H]1Sc2ccccc2NC1=O)c1ccccc1. The molecule has 2 amide bonds. The van der Waals surface area contributed by atoms with Crippen LogP contribution in [0, 0.1) is 0 Å². The molecule has 1 aliphatic heterocycles. The van der Waals surface area contributed by atoms with Crippen LogP contribution in [0.5, 0.6) is 0 Å². The van der Waals surface area contributed by atoms with Crippen molar-refractivity contribution in [2.75, 3.05) is 19.4 Å². The molecule has 0 saturated carbocycles. The predicted molar refractivity (Wildman–Crippen MR) is 103 cm³/mol. The quantitative estimate of drug-likeness (QED) is 0.803. The molecule has 3 rings (SSSR count). The molecule has 0 spiro atoms. The van der Waals surface area contributed by atoms with Crippen LogP contribution in [0.2, 0.25) is 0 Å². The standard InChI is InChI=1S/C20H20N2O4S/c1-22(2)20(25)18(13-8-4-3-5-9-13)26-17(23)12-16-19(24)21-14-10-6-7-11-15(14)27-16/h3-11,16,18H,12H2,1-2H3,(H,21,24)/t16-,18+/m1/s1. The van der Waals surface area contributed by atoms with Crippen LogP contribution < -0.4 is 5.32 Å². The Kier molecular flexibility index (Phi) is 5.81. The Hall–Kier alpha value is -2.80. The third-order valence-corrected chi connectivity index (χ3v) is 5.35. The number of hydrogen-bond donors (Lipinski definition) is 1. The van der Waals surface area contributed by atoms with Crippen molar-refractivity contribution in [2.45, 2.75) is 22.7 Å². The first-order chi connectivity index (χ1) is 13.0. The average Bonchev–Trinajstić information content (AvgIpc) is 2.66. The van der Waals surface area contributed by atoms with Crippen molar-refractivity contribution in [3.05, 3.63) is 60.2 Å². The van der Waals surface area contributed by atoms with Crippen LogP contribution in [0.4, 0.5) is 5.69 Å². The lowest BCUT2D eigenvalue weighted by atomic mass is 10.1. The summed E-state index contributed by atoms with van der Waals surface area (Å²) in [5, 5.41) is 2.20. The van der Waals surface area contributed by atoms with E-state index in [1.165, 1.54) is 16.7 Å². The van der Waals surface area contributed by atoms with Crippen LogP contribution in [0.25, 0.3) is 0 Å². The molecule has 0 aliphatic carbocycles. The Balaban J connectivity index is 1.71. The van der Waals surface area contributed by atoms with Crippen molar-refractivity contribution < 1.29 is 19.1 Å². The van der Waals surface area contributed by atoms with Gasteiger partial charge in [0.05, 0.1) is 17.4 Å². The molecular formula is C20H20N2O4S. The van der Waals surface area contributed by atoms with Gasteiger partial charge in [-0.15, -0.1) is 11.8 Å². The first kappa shape index (κ1) is 19.0. The normalized spacial score (nSPS) is 16.7. The number of thioether (sulfide) groups is 1. The molecule has 0 unspecified atom stereocenters. The van der Waals surface area contributed by atoms with Gasteiger partial charge in [0.15, 0.2) is 0 Å². The number of nitrogens with zero attached hydrogens (tertiary/aromatic N) is 1. The first-order valence-corrected chi connectivity index (χ1v) is 9.36. The molecule has 0 fully saturated rings. The summed E-state index contributed by atoms with van der Waals surface area (Å²) in [5.74, 6) is -1.17. The van der Waals surface area contributed by atoms with Gasteiger partial charge in [-0.25, -0.2) is 0 Å². The molecule has 7 heteroatoms. The fourth-order valence-electron chi connectivity index (χ4n) is 2.68. The second kappa shape index (κ2) is 8.26. The van der Waals surface area contributed by atoms with Crippen molar-refractivity contribution >= 4 is 35.2 Å². The Morgan fingerprint density at radius 3 is 2.48 bits per heavy atom. The van der Waals surface area contributed by atoms with Gasteiger partial charge in [-0.2, -0.15) is 0 Å². The minimum absolute atomic E-state index is 0.116. The van der Waals surface area contributed by atoms with Gasteiger partial charge in [-0.1, -0.05) is 42.5 Å². The molecule has 0 saturated heterocycles. The molecule has 2 aromatic rings. The molecule has 0 aromatic heterocycles. The number of esters is 1. The van der Waals surface area contributed by atoms with E-state index in [9.17, 15) is 14.4 Å². The zero-order chi connectivity index (χ0) is 19.4. The van der Waals surface area contributed by atoms with Gasteiger partial charge in [0.2, 0.25) is 12.0 Å². The summed E-state index contributed by atoms with van der Waals surface area (Å²) in [7, 11) is 3.21. The predicted octanol–water partition coefficient (Wildman–Crippen LogP) is 2.86. The molecule has 140 valence electrons. The summed E-state index contributed by atoms with van der Waals surface area (Å²) < 4.78 is 5.48. The second-order valence-corrected chi connectivity index (χ2v) is 7.55. The summed E-state index contributed by atoms with van der Waals surface area (Å²) in [4.78, 5) is 39.5. The Morgan fingerprint density at radius 1 is 1.11 bits per heavy atom. The maximum Gasteiger partial charge on any atom is 0.308 e. The number of ether oxygens (including phenoxy) is 1. The highest BCUT2D eigenvalue weighted by Gasteiger charge is 2.32. The number of carbonyl (C=O) groups is 3. The number of nitrogens with one attached hydrogen (secondary N) is 1. The van der Waals surface area contributed by atoms with E-state index in [-0.39, 0.29) is 18.2 Å². The number of fused-ring (bicyclic) bond motifs is 1. The molecule has 27 heavy (non-hydrogen) atoms. The second-order valence-electron chi connectivity index (χ2n) is 6.31. The number of benzene rings is 2. The van der Waals surface area contributed by atoms with Crippen LogP contribution in [-0.4, -0.2) is 42.0 Å². The van der Waals surface area contributed by atoms with E-state index in [1.807, 2.05) is 30.3 Å². The van der Waals surface area contributed by atoms with E-state index >= 15 is 0 Å². The number of likely N-dealkylation sites (N-methyl/N-ethyl adjacent to an activating group) is 1. The van der Waals surface area contributed by atoms with E-state index in [0.717, 1.165) is 10.6 Å². The van der Waals surface area contributed by atoms with Crippen molar-refractivity contribution in [1.29, 1.82) is 0 Å². The summed E-state index contributed by atoms with van der Waals surface area (Å²) >= 11 is 1.32. The maximum absolute atomic E-state index is 12.5. The topological polar surface area (TPSA) is 75.7 Å². The number of hydrogen-bond acceptors (Lipinski definition) is 5.